The number of hydrogen-bond acceptors (Lipinski definition) is 5. The number of rotatable bonds is 5. The van der Waals surface area contributed by atoms with Crippen molar-refractivity contribution < 1.29 is 18.8 Å². The van der Waals surface area contributed by atoms with E-state index >= 15 is 0 Å². The molecule has 1 N–H and O–H groups in total. The van der Waals surface area contributed by atoms with Crippen LogP contribution >= 0.6 is 0 Å². The number of nitrogens with zero attached hydrogens (tertiary/aromatic N) is 1. The zero-order valence-electron chi connectivity index (χ0n) is 10.2. The molecule has 1 rings (SSSR count). The van der Waals surface area contributed by atoms with E-state index in [0.717, 1.165) is 0 Å². The van der Waals surface area contributed by atoms with Crippen LogP contribution < -0.4 is 5.32 Å². The SMILES string of the molecule is COC(=O)CCCNC(=O)c1c(C)noc1C. The van der Waals surface area contributed by atoms with Crippen molar-refractivity contribution in [1.82, 2.24) is 10.5 Å². The molecular formula is C11H16N2O4. The van der Waals surface area contributed by atoms with Gasteiger partial charge in [-0.15, -0.1) is 0 Å². The van der Waals surface area contributed by atoms with Crippen molar-refractivity contribution in [2.75, 3.05) is 13.7 Å². The van der Waals surface area contributed by atoms with Gasteiger partial charge in [-0.3, -0.25) is 9.59 Å². The Hall–Kier alpha value is -1.85. The van der Waals surface area contributed by atoms with Crippen molar-refractivity contribution in [3.05, 3.63) is 17.0 Å². The maximum Gasteiger partial charge on any atom is 0.305 e. The highest BCUT2D eigenvalue weighted by atomic mass is 16.5. The van der Waals surface area contributed by atoms with Crippen LogP contribution in [0, 0.1) is 13.8 Å². The molecule has 0 spiro atoms. The number of carbonyl (C=O) groups excluding carboxylic acids is 2. The van der Waals surface area contributed by atoms with E-state index in [-0.39, 0.29) is 11.9 Å². The fraction of sp³-hybridized carbons (Fsp3) is 0.545. The first kappa shape index (κ1) is 13.2. The van der Waals surface area contributed by atoms with Crippen LogP contribution in [-0.2, 0) is 9.53 Å². The van der Waals surface area contributed by atoms with Gasteiger partial charge in [0, 0.05) is 13.0 Å². The van der Waals surface area contributed by atoms with Gasteiger partial charge in [-0.25, -0.2) is 0 Å². The van der Waals surface area contributed by atoms with E-state index in [4.69, 9.17) is 4.52 Å². The molecule has 0 bridgehead atoms. The molecule has 0 aromatic carbocycles. The first-order valence-corrected chi connectivity index (χ1v) is 5.34. The molecule has 1 aromatic rings. The van der Waals surface area contributed by atoms with E-state index in [2.05, 4.69) is 15.2 Å². The largest absolute Gasteiger partial charge is 0.469 e. The van der Waals surface area contributed by atoms with Gasteiger partial charge < -0.3 is 14.6 Å². The van der Waals surface area contributed by atoms with Crippen LogP contribution in [0.3, 0.4) is 0 Å². The number of amides is 1. The van der Waals surface area contributed by atoms with E-state index in [1.165, 1.54) is 7.11 Å². The van der Waals surface area contributed by atoms with Crippen LogP contribution in [-0.4, -0.2) is 30.7 Å². The molecule has 0 saturated carbocycles. The van der Waals surface area contributed by atoms with Gasteiger partial charge in [0.15, 0.2) is 0 Å². The predicted octanol–water partition coefficient (Wildman–Crippen LogP) is 0.974. The first-order valence-electron chi connectivity index (χ1n) is 5.34. The molecule has 0 unspecified atom stereocenters. The average molecular weight is 240 g/mol. The molecule has 0 fully saturated rings. The molecule has 0 aliphatic rings. The molecule has 17 heavy (non-hydrogen) atoms. The number of methoxy groups -OCH3 is 1. The van der Waals surface area contributed by atoms with E-state index in [1.54, 1.807) is 13.8 Å². The van der Waals surface area contributed by atoms with Gasteiger partial charge in [0.05, 0.1) is 12.8 Å². The Bertz CT molecular complexity index is 392. The van der Waals surface area contributed by atoms with Crippen LogP contribution in [0.15, 0.2) is 4.52 Å². The third-order valence-electron chi connectivity index (χ3n) is 2.33. The summed E-state index contributed by atoms with van der Waals surface area (Å²) in [6.07, 6.45) is 0.834. The highest BCUT2D eigenvalue weighted by Crippen LogP contribution is 2.11. The molecule has 6 nitrogen and oxygen atoms in total. The molecule has 1 aromatic heterocycles. The zero-order valence-corrected chi connectivity index (χ0v) is 10.2. The third kappa shape index (κ3) is 3.58. The Morgan fingerprint density at radius 3 is 2.65 bits per heavy atom. The highest BCUT2D eigenvalue weighted by Gasteiger charge is 2.16. The molecule has 6 heteroatoms. The Kier molecular flexibility index (Phi) is 4.68. The monoisotopic (exact) mass is 240 g/mol. The van der Waals surface area contributed by atoms with E-state index < -0.39 is 0 Å². The molecule has 0 atom stereocenters. The molecule has 0 radical (unpaired) electrons. The van der Waals surface area contributed by atoms with Gasteiger partial charge in [-0.05, 0) is 20.3 Å². The van der Waals surface area contributed by atoms with Gasteiger partial charge in [-0.1, -0.05) is 5.16 Å². The summed E-state index contributed by atoms with van der Waals surface area (Å²) in [4.78, 5) is 22.6. The summed E-state index contributed by atoms with van der Waals surface area (Å²) in [5.74, 6) is -0.0179. The van der Waals surface area contributed by atoms with Crippen molar-refractivity contribution >= 4 is 11.9 Å². The second-order valence-electron chi connectivity index (χ2n) is 3.63. The lowest BCUT2D eigenvalue weighted by Gasteiger charge is -2.03. The van der Waals surface area contributed by atoms with Gasteiger partial charge in [0.25, 0.3) is 5.91 Å². The fourth-order valence-electron chi connectivity index (χ4n) is 1.43. The summed E-state index contributed by atoms with van der Waals surface area (Å²) in [5.41, 5.74) is 1.02. The van der Waals surface area contributed by atoms with Crippen LogP contribution in [0.5, 0.6) is 0 Å². The summed E-state index contributed by atoms with van der Waals surface area (Å²) < 4.78 is 9.38. The van der Waals surface area contributed by atoms with Crippen LogP contribution in [0.4, 0.5) is 0 Å². The minimum Gasteiger partial charge on any atom is -0.469 e. The topological polar surface area (TPSA) is 81.4 Å². The number of esters is 1. The zero-order chi connectivity index (χ0) is 12.8. The number of hydrogen-bond donors (Lipinski definition) is 1. The smallest absolute Gasteiger partial charge is 0.305 e. The molecule has 0 aliphatic carbocycles. The van der Waals surface area contributed by atoms with Crippen LogP contribution in [0.25, 0.3) is 0 Å². The van der Waals surface area contributed by atoms with E-state index in [0.29, 0.717) is 36.4 Å². The second-order valence-corrected chi connectivity index (χ2v) is 3.63. The van der Waals surface area contributed by atoms with E-state index in [1.807, 2.05) is 0 Å². The van der Waals surface area contributed by atoms with Gasteiger partial charge in [0.2, 0.25) is 0 Å². The summed E-state index contributed by atoms with van der Waals surface area (Å²) in [6, 6.07) is 0. The minimum absolute atomic E-state index is 0.230. The van der Waals surface area contributed by atoms with Crippen molar-refractivity contribution in [1.29, 1.82) is 0 Å². The summed E-state index contributed by atoms with van der Waals surface area (Å²) in [5, 5.41) is 6.40. The quantitative estimate of drug-likeness (QED) is 0.612. The molecule has 0 saturated heterocycles. The standard InChI is InChI=1S/C11H16N2O4/c1-7-10(8(2)17-13-7)11(15)12-6-4-5-9(14)16-3/h4-6H2,1-3H3,(H,12,15). The number of carbonyl (C=O) groups is 2. The van der Waals surface area contributed by atoms with Crippen LogP contribution in [0.2, 0.25) is 0 Å². The Morgan fingerprint density at radius 1 is 1.41 bits per heavy atom. The summed E-state index contributed by atoms with van der Waals surface area (Å²) >= 11 is 0. The third-order valence-corrected chi connectivity index (χ3v) is 2.33. The molecule has 94 valence electrons. The normalized spacial score (nSPS) is 10.1. The number of nitrogens with one attached hydrogen (secondary N) is 1. The maximum atomic E-state index is 11.7. The fourth-order valence-corrected chi connectivity index (χ4v) is 1.43. The molecule has 1 amide bonds. The number of ether oxygens (including phenoxy) is 1. The molecule has 1 heterocycles. The van der Waals surface area contributed by atoms with Crippen molar-refractivity contribution in [3.63, 3.8) is 0 Å². The summed E-state index contributed by atoms with van der Waals surface area (Å²) in [7, 11) is 1.34. The lowest BCUT2D eigenvalue weighted by Crippen LogP contribution is -2.25. The average Bonchev–Trinajstić information content (AvgIpc) is 2.64. The summed E-state index contributed by atoms with van der Waals surface area (Å²) in [6.45, 7) is 3.81. The van der Waals surface area contributed by atoms with E-state index in [9.17, 15) is 9.59 Å². The van der Waals surface area contributed by atoms with Crippen molar-refractivity contribution in [3.8, 4) is 0 Å². The molecule has 0 aliphatic heterocycles. The van der Waals surface area contributed by atoms with Crippen molar-refractivity contribution in [2.24, 2.45) is 0 Å². The minimum atomic E-state index is -0.281. The first-order chi connectivity index (χ1) is 8.06. The lowest BCUT2D eigenvalue weighted by atomic mass is 10.2. The maximum absolute atomic E-state index is 11.7. The second kappa shape index (κ2) is 6.03. The highest BCUT2D eigenvalue weighted by molar-refractivity contribution is 5.96. The Morgan fingerprint density at radius 2 is 2.12 bits per heavy atom. The van der Waals surface area contributed by atoms with Gasteiger partial charge >= 0.3 is 5.97 Å². The predicted molar refractivity (Wildman–Crippen MR) is 59.6 cm³/mol. The Balaban J connectivity index is 2.38. The lowest BCUT2D eigenvalue weighted by molar-refractivity contribution is -0.140. The van der Waals surface area contributed by atoms with Gasteiger partial charge in [0.1, 0.15) is 11.3 Å². The van der Waals surface area contributed by atoms with Crippen LogP contribution in [0.1, 0.15) is 34.7 Å². The van der Waals surface area contributed by atoms with Gasteiger partial charge in [-0.2, -0.15) is 0 Å². The Labute approximate surface area is 99.3 Å². The molecular weight excluding hydrogens is 224 g/mol. The number of aromatic nitrogens is 1. The number of aryl methyl sites for hydroxylation is 2. The van der Waals surface area contributed by atoms with Crippen molar-refractivity contribution in [2.45, 2.75) is 26.7 Å².